The number of H-pyrrole nitrogens is 2. The van der Waals surface area contributed by atoms with E-state index in [4.69, 9.17) is 86.1 Å². The summed E-state index contributed by atoms with van der Waals surface area (Å²) < 4.78 is 39.2. The summed E-state index contributed by atoms with van der Waals surface area (Å²) in [6.45, 7) is 21.5. The maximum Gasteiger partial charge on any atom is 0.495 e. The van der Waals surface area contributed by atoms with Gasteiger partial charge in [-0.2, -0.15) is 9.59 Å². The molecule has 1 fully saturated rings. The molecule has 9 heterocycles. The lowest BCUT2D eigenvalue weighted by Crippen LogP contribution is -2.41. The van der Waals surface area contributed by atoms with E-state index in [1.165, 1.54) is 24.9 Å². The SMILES string of the molecule is COC(=O)c1ccc(B2OC(C)(C)C(C)(C)O2)c2cccnc12.COc1cc2c(cc1-c1c(C)noc1C)[nH]c1nc(C)nc(-c3ccc(C)c4ncccc34)c12.COc1cc2c(cc1-c1c(C)noc1C)[nH]c1nc(C)nc(Cl)c12.O=C=O.S=S=S=S=S=S=S=S=S=S=S=S=S. The van der Waals surface area contributed by atoms with E-state index >= 15 is 0 Å². The van der Waals surface area contributed by atoms with Gasteiger partial charge in [-0.15, -0.1) is 0 Å². The van der Waals surface area contributed by atoms with Gasteiger partial charge < -0.3 is 42.5 Å². The molecule has 0 saturated carbocycles. The Labute approximate surface area is 602 Å². The minimum atomic E-state index is -0.501. The number of aromatic amines is 2. The number of aryl methyl sites for hydroxylation is 7. The van der Waals surface area contributed by atoms with Crippen LogP contribution in [0.4, 0.5) is 0 Å². The van der Waals surface area contributed by atoms with Crippen molar-refractivity contribution in [3.63, 3.8) is 0 Å². The summed E-state index contributed by atoms with van der Waals surface area (Å²) >= 11 is 15.7. The second-order valence-electron chi connectivity index (χ2n) is 21.8. The first-order chi connectivity index (χ1) is 46.5. The third-order valence-corrected chi connectivity index (χ3v) is 38.0. The Kier molecular flexibility index (Phi) is 25.8. The molecule has 0 unspecified atom stereocenters. The van der Waals surface area contributed by atoms with Crippen molar-refractivity contribution in [2.45, 2.75) is 87.4 Å². The number of rotatable bonds is 7. The minimum Gasteiger partial charge on any atom is -0.496 e. The van der Waals surface area contributed by atoms with Gasteiger partial charge in [0.2, 0.25) is 0 Å². The Bertz CT molecular complexity index is 5550. The second kappa shape index (κ2) is 33.5. The van der Waals surface area contributed by atoms with Crippen LogP contribution in [0.5, 0.6) is 11.5 Å². The third-order valence-electron chi connectivity index (χ3n) is 15.5. The molecule has 2 N–H and O–H groups in total. The Morgan fingerprint density at radius 3 is 1.54 bits per heavy atom. The Balaban J connectivity index is 0.000000157. The fraction of sp³-hybridized carbons (Fsp3) is 0.258. The molecule has 0 amide bonds. The fourth-order valence-electron chi connectivity index (χ4n) is 10.7. The summed E-state index contributed by atoms with van der Waals surface area (Å²) in [6, 6.07) is 23.7. The van der Waals surface area contributed by atoms with Gasteiger partial charge in [0.1, 0.15) is 51.1 Å². The molecule has 0 atom stereocenters. The van der Waals surface area contributed by atoms with Crippen molar-refractivity contribution in [2.24, 2.45) is 0 Å². The van der Waals surface area contributed by atoms with Crippen LogP contribution in [0.2, 0.25) is 5.15 Å². The van der Waals surface area contributed by atoms with Crippen LogP contribution in [0.25, 0.3) is 99.2 Å². The normalized spacial score (nSPS) is 12.5. The standard InChI is InChI=1S/C27H23N5O2.C17H20BNO4.C17H15ClN4O2.CO2.S13/c1-13-8-9-18(17-7-6-10-28-25(13)17)26-24-19-12-22(33-5)20(23-14(2)32-34-15(23)3)11-21(19)31-27(24)30-16(4)29-26;1-16(2)17(3,4)23-18(22-16)13-9-8-12(15(20)21-5)14-11(13)7-6-10-19-14;1-7-14(8(2)24-22-7)11-5-12-10(6-13(11)23-4)15-16(18)19-9(3)20-17(15)21-12;2-1-3;1-3-5-7-9-11-13-12-10-8-6-4-2/h6-12H,1-5H3,(H,29,30,31);6-10H,1-5H3;5-6H,1-4H3,(H,19,20,21);;. The van der Waals surface area contributed by atoms with Crippen molar-refractivity contribution in [1.82, 2.24) is 50.2 Å². The molecule has 13 rings (SSSR count). The number of methoxy groups -OCH3 is 3. The lowest BCUT2D eigenvalue weighted by Gasteiger charge is -2.32. The number of fused-ring (bicyclic) bond motifs is 8. The molecule has 12 aromatic rings. The van der Waals surface area contributed by atoms with E-state index in [0.29, 0.717) is 33.5 Å². The molecule has 0 aliphatic carbocycles. The highest BCUT2D eigenvalue weighted by molar-refractivity contribution is 8.75. The van der Waals surface area contributed by atoms with Gasteiger partial charge in [-0.25, -0.2) is 24.7 Å². The average molecular weight is 1570 g/mol. The van der Waals surface area contributed by atoms with Crippen LogP contribution in [0.3, 0.4) is 0 Å². The van der Waals surface area contributed by atoms with Gasteiger partial charge >= 0.3 is 19.2 Å². The Hall–Kier alpha value is -6.54. The van der Waals surface area contributed by atoms with E-state index in [9.17, 15) is 4.79 Å². The zero-order chi connectivity index (χ0) is 69.9. The van der Waals surface area contributed by atoms with Crippen molar-refractivity contribution >= 4 is 222 Å². The molecular weight excluding hydrogens is 1510 g/mol. The third kappa shape index (κ3) is 16.7. The van der Waals surface area contributed by atoms with E-state index in [0.717, 1.165) is 133 Å². The first-order valence-corrected chi connectivity index (χ1v) is 44.9. The van der Waals surface area contributed by atoms with Crippen molar-refractivity contribution in [2.75, 3.05) is 21.3 Å². The van der Waals surface area contributed by atoms with Gasteiger partial charge in [-0.3, -0.25) is 9.97 Å². The molecule has 20 nitrogen and oxygen atoms in total. The maximum atomic E-state index is 11.9. The number of nitrogens with one attached hydrogen (secondary N) is 2. The van der Waals surface area contributed by atoms with Crippen LogP contribution >= 0.6 is 11.6 Å². The van der Waals surface area contributed by atoms with Gasteiger partial charge in [0.05, 0.1) is 88.1 Å². The summed E-state index contributed by atoms with van der Waals surface area (Å²) in [4.78, 5) is 62.3. The molecule has 4 aromatic carbocycles. The summed E-state index contributed by atoms with van der Waals surface area (Å²) in [7, 11) is 22.3. The molecule has 1 saturated heterocycles. The number of benzene rings is 4. The summed E-state index contributed by atoms with van der Waals surface area (Å²) in [5, 5.41) is 14.1. The molecule has 35 heteroatoms. The van der Waals surface area contributed by atoms with E-state index < -0.39 is 24.3 Å². The maximum absolute atomic E-state index is 11.9. The zero-order valence-corrected chi connectivity index (χ0v) is 65.4. The topological polar surface area (TPSA) is 258 Å². The van der Waals surface area contributed by atoms with Crippen molar-refractivity contribution in [1.29, 1.82) is 0 Å². The predicted molar refractivity (Wildman–Crippen MR) is 415 cm³/mol. The highest BCUT2D eigenvalue weighted by Crippen LogP contribution is 2.44. The molecule has 1 aliphatic heterocycles. The smallest absolute Gasteiger partial charge is 0.495 e. The van der Waals surface area contributed by atoms with Crippen molar-refractivity contribution in [3.05, 3.63) is 136 Å². The molecule has 1 aliphatic rings. The number of carbonyl (C=O) groups is 1. The first-order valence-electron chi connectivity index (χ1n) is 28.6. The van der Waals surface area contributed by atoms with Crippen LogP contribution in [-0.4, -0.2) is 102 Å². The number of esters is 1. The number of hydrogen-bond donors (Lipinski definition) is 2. The second-order valence-corrected chi connectivity index (χ2v) is 41.6. The van der Waals surface area contributed by atoms with E-state index in [-0.39, 0.29) is 6.15 Å². The largest absolute Gasteiger partial charge is 0.496 e. The highest BCUT2D eigenvalue weighted by atomic mass is 35.5. The van der Waals surface area contributed by atoms with Crippen LogP contribution in [0.1, 0.15) is 78.2 Å². The lowest BCUT2D eigenvalue weighted by atomic mass is 9.76. The van der Waals surface area contributed by atoms with E-state index in [1.54, 1.807) is 106 Å². The lowest BCUT2D eigenvalue weighted by molar-refractivity contribution is -0.191. The van der Waals surface area contributed by atoms with Crippen LogP contribution in [-0.2, 0) is 144 Å². The quantitative estimate of drug-likeness (QED) is 0.0853. The van der Waals surface area contributed by atoms with Gasteiger partial charge in [-0.1, -0.05) is 52.2 Å². The minimum absolute atomic E-state index is 0.250. The monoisotopic (exact) mass is 1560 g/mol. The first kappa shape index (κ1) is 74.7. The Morgan fingerprint density at radius 2 is 1.05 bits per heavy atom. The summed E-state index contributed by atoms with van der Waals surface area (Å²) in [5.41, 5.74) is 13.7. The number of pyridine rings is 2. The van der Waals surface area contributed by atoms with Gasteiger partial charge in [0, 0.05) is 182 Å². The number of ether oxygens (including phenoxy) is 3. The van der Waals surface area contributed by atoms with E-state index in [2.05, 4.69) is 71.4 Å². The molecule has 0 bridgehead atoms. The van der Waals surface area contributed by atoms with Gasteiger partial charge in [0.25, 0.3) is 0 Å². The highest BCUT2D eigenvalue weighted by Gasteiger charge is 2.52. The zero-order valence-electron chi connectivity index (χ0n) is 54.0. The summed E-state index contributed by atoms with van der Waals surface area (Å²) in [6.07, 6.45) is 3.73. The van der Waals surface area contributed by atoms with Crippen LogP contribution in [0.15, 0.2) is 94.2 Å². The van der Waals surface area contributed by atoms with Crippen molar-refractivity contribution in [3.8, 4) is 45.0 Å². The van der Waals surface area contributed by atoms with Gasteiger partial charge in [0.15, 0.2) is 0 Å². The van der Waals surface area contributed by atoms with Crippen molar-refractivity contribution < 1.29 is 46.9 Å². The van der Waals surface area contributed by atoms with E-state index in [1.807, 2.05) is 118 Å². The van der Waals surface area contributed by atoms with Crippen LogP contribution < -0.4 is 14.9 Å². The number of halogens is 1. The number of nitrogens with zero attached hydrogens (tertiary/aromatic N) is 8. The molecule has 0 spiro atoms. The number of carbonyl (C=O) groups excluding carboxylic acids is 3. The average Bonchev–Trinajstić information content (AvgIpc) is 1.64. The molecule has 0 radical (unpaired) electrons. The fourth-order valence-corrected chi connectivity index (χ4v) is 35.8. The Morgan fingerprint density at radius 1 is 0.577 bits per heavy atom. The molecular formula is C62H58BClN10O10S13. The molecule has 8 aromatic heterocycles. The number of hydrogen-bond acceptors (Lipinski definition) is 20. The predicted octanol–water partition coefficient (Wildman–Crippen LogP) is 12.3. The van der Waals surface area contributed by atoms with Gasteiger partial charge in [-0.05, 0) is 130 Å². The summed E-state index contributed by atoms with van der Waals surface area (Å²) in [5.74, 6) is 3.87. The number of aromatic nitrogens is 10. The molecule has 504 valence electrons. The molecule has 97 heavy (non-hydrogen) atoms. The van der Waals surface area contributed by atoms with Crippen LogP contribution in [0, 0.1) is 48.5 Å².